The van der Waals surface area contributed by atoms with Crippen molar-refractivity contribution in [3.8, 4) is 18.2 Å². The van der Waals surface area contributed by atoms with Gasteiger partial charge in [-0.1, -0.05) is 57.6 Å². The number of amides is 1. The number of carbonyl (C=O) groups is 2. The lowest BCUT2D eigenvalue weighted by Gasteiger charge is -2.30. The van der Waals surface area contributed by atoms with Crippen LogP contribution in [0.15, 0.2) is 111 Å². The van der Waals surface area contributed by atoms with Crippen LogP contribution in [0.4, 0.5) is 17.1 Å². The number of azo groups is 1. The molecule has 0 unspecified atom stereocenters. The van der Waals surface area contributed by atoms with Crippen molar-refractivity contribution in [3.63, 3.8) is 0 Å². The lowest BCUT2D eigenvalue weighted by Crippen LogP contribution is -2.27. The third kappa shape index (κ3) is 10.00. The highest BCUT2D eigenvalue weighted by Crippen LogP contribution is 2.41. The van der Waals surface area contributed by atoms with Gasteiger partial charge in [-0.3, -0.25) is 9.59 Å². The van der Waals surface area contributed by atoms with Gasteiger partial charge in [0.25, 0.3) is 5.91 Å². The molecular formula is C41H43N7O3. The highest BCUT2D eigenvalue weighted by Gasteiger charge is 2.37. The van der Waals surface area contributed by atoms with E-state index in [2.05, 4.69) is 47.2 Å². The highest BCUT2D eigenvalue weighted by molar-refractivity contribution is 6.04. The van der Waals surface area contributed by atoms with E-state index >= 15 is 0 Å². The van der Waals surface area contributed by atoms with Gasteiger partial charge in [0.2, 0.25) is 0 Å². The Hall–Kier alpha value is -6.05. The van der Waals surface area contributed by atoms with Gasteiger partial charge in [0, 0.05) is 25.7 Å². The van der Waals surface area contributed by atoms with Gasteiger partial charge in [-0.2, -0.15) is 26.0 Å². The number of unbranched alkanes of at least 4 members (excludes halogenated alkanes) is 1. The van der Waals surface area contributed by atoms with Crippen molar-refractivity contribution in [2.75, 3.05) is 31.1 Å². The van der Waals surface area contributed by atoms with E-state index in [1.807, 2.05) is 80.6 Å². The Balaban J connectivity index is 1.50. The van der Waals surface area contributed by atoms with Gasteiger partial charge in [-0.25, -0.2) is 0 Å². The third-order valence-corrected chi connectivity index (χ3v) is 8.55. The summed E-state index contributed by atoms with van der Waals surface area (Å²) in [6.07, 6.45) is 10.9. The molecule has 0 saturated heterocycles. The van der Waals surface area contributed by atoms with E-state index in [9.17, 15) is 25.4 Å². The number of ether oxygens (including phenoxy) is 1. The lowest BCUT2D eigenvalue weighted by atomic mass is 9.74. The fourth-order valence-electron chi connectivity index (χ4n) is 6.15. The zero-order valence-electron chi connectivity index (χ0n) is 29.9. The average molecular weight is 682 g/mol. The van der Waals surface area contributed by atoms with Crippen LogP contribution in [0.25, 0.3) is 6.08 Å². The smallest absolute Gasteiger partial charge is 0.302 e. The highest BCUT2D eigenvalue weighted by atomic mass is 16.5. The van der Waals surface area contributed by atoms with Gasteiger partial charge in [-0.05, 0) is 90.8 Å². The summed E-state index contributed by atoms with van der Waals surface area (Å²) in [6, 6.07) is 21.4. The van der Waals surface area contributed by atoms with Crippen LogP contribution < -0.4 is 4.90 Å². The quantitative estimate of drug-likeness (QED) is 0.116. The topological polar surface area (TPSA) is 146 Å². The molecule has 0 N–H and O–H groups in total. The Morgan fingerprint density at radius 2 is 1.63 bits per heavy atom. The summed E-state index contributed by atoms with van der Waals surface area (Å²) in [7, 11) is 0. The van der Waals surface area contributed by atoms with Crippen molar-refractivity contribution in [2.24, 2.45) is 15.6 Å². The number of allylic oxidation sites excluding steroid dienone is 6. The number of esters is 1. The van der Waals surface area contributed by atoms with Gasteiger partial charge < -0.3 is 14.5 Å². The number of hydrogen-bond donors (Lipinski definition) is 0. The maximum atomic E-state index is 13.6. The number of benzene rings is 2. The Morgan fingerprint density at radius 1 is 0.980 bits per heavy atom. The van der Waals surface area contributed by atoms with Crippen LogP contribution in [-0.4, -0.2) is 43.0 Å². The van der Waals surface area contributed by atoms with Crippen LogP contribution in [0.3, 0.4) is 0 Å². The van der Waals surface area contributed by atoms with Gasteiger partial charge in [0.15, 0.2) is 5.57 Å². The first-order valence-electron chi connectivity index (χ1n) is 17.1. The first kappa shape index (κ1) is 37.8. The minimum atomic E-state index is -0.357. The van der Waals surface area contributed by atoms with Gasteiger partial charge in [0.1, 0.15) is 24.8 Å². The summed E-state index contributed by atoms with van der Waals surface area (Å²) in [4.78, 5) is 28.2. The number of carbonyl (C=O) groups excluding carboxylic acids is 2. The molecule has 0 radical (unpaired) electrons. The Bertz CT molecular complexity index is 1930. The average Bonchev–Trinajstić information content (AvgIpc) is 3.37. The number of hydrogen-bond acceptors (Lipinski definition) is 9. The maximum absolute atomic E-state index is 13.6. The summed E-state index contributed by atoms with van der Waals surface area (Å²) in [5.41, 5.74) is 5.51. The summed E-state index contributed by atoms with van der Waals surface area (Å²) in [5, 5.41) is 38.0. The van der Waals surface area contributed by atoms with Crippen LogP contribution in [0.1, 0.15) is 65.9 Å². The summed E-state index contributed by atoms with van der Waals surface area (Å²) in [6.45, 7) is 11.8. The fraction of sp³-hybridized carbons (Fsp3) is 0.341. The predicted molar refractivity (Wildman–Crippen MR) is 197 cm³/mol. The summed E-state index contributed by atoms with van der Waals surface area (Å²) < 4.78 is 5.07. The van der Waals surface area contributed by atoms with Crippen LogP contribution in [0.2, 0.25) is 0 Å². The Morgan fingerprint density at radius 3 is 2.20 bits per heavy atom. The van der Waals surface area contributed by atoms with E-state index in [-0.39, 0.29) is 39.7 Å². The van der Waals surface area contributed by atoms with E-state index in [0.717, 1.165) is 53.2 Å². The molecule has 10 heteroatoms. The molecule has 51 heavy (non-hydrogen) atoms. The second-order valence-electron chi connectivity index (χ2n) is 13.2. The zero-order valence-corrected chi connectivity index (χ0v) is 29.9. The van der Waals surface area contributed by atoms with Gasteiger partial charge in [0.05, 0.1) is 34.8 Å². The molecular weight excluding hydrogens is 638 g/mol. The lowest BCUT2D eigenvalue weighted by molar-refractivity contribution is -0.140. The second-order valence-corrected chi connectivity index (χ2v) is 13.2. The van der Waals surface area contributed by atoms with Crippen molar-refractivity contribution >= 4 is 35.0 Å². The van der Waals surface area contributed by atoms with Gasteiger partial charge >= 0.3 is 5.97 Å². The molecule has 2 aliphatic rings. The first-order chi connectivity index (χ1) is 24.5. The maximum Gasteiger partial charge on any atom is 0.302 e. The minimum absolute atomic E-state index is 0.0703. The molecule has 0 bridgehead atoms. The standard InChI is InChI=1S/C41H43N7O3/c1-6-8-19-48-39(33(26-42)27-43)38(28-44)37(40(48)50)23-32-22-31(24-41(4,5)25-32)10-9-30-11-13-34(14-12-30)45-46-35-15-17-36(18-16-35)47(7-2)20-21-51-29(3)49/h9-18,22-23H,6-8,19-21,24-25H2,1-5H3/b10-9+,32-23-,46-45?. The molecule has 260 valence electrons. The van der Waals surface area contributed by atoms with Crippen molar-refractivity contribution in [2.45, 2.75) is 60.3 Å². The minimum Gasteiger partial charge on any atom is -0.464 e. The number of nitrogens with zero attached hydrogens (tertiary/aromatic N) is 7. The van der Waals surface area contributed by atoms with E-state index in [4.69, 9.17) is 4.74 Å². The predicted octanol–water partition coefficient (Wildman–Crippen LogP) is 8.94. The summed E-state index contributed by atoms with van der Waals surface area (Å²) in [5.74, 6) is -0.643. The molecule has 2 aromatic rings. The Kier molecular flexibility index (Phi) is 13.0. The molecule has 1 aliphatic heterocycles. The number of anilines is 1. The molecule has 0 fully saturated rings. The van der Waals surface area contributed by atoms with E-state index in [1.54, 1.807) is 6.08 Å². The second kappa shape index (κ2) is 17.6. The van der Waals surface area contributed by atoms with Crippen LogP contribution in [0.5, 0.6) is 0 Å². The van der Waals surface area contributed by atoms with Crippen LogP contribution >= 0.6 is 0 Å². The fourth-order valence-corrected chi connectivity index (χ4v) is 6.15. The van der Waals surface area contributed by atoms with Crippen LogP contribution in [-0.2, 0) is 14.3 Å². The Labute approximate surface area is 300 Å². The van der Waals surface area contributed by atoms with Crippen molar-refractivity contribution in [3.05, 3.63) is 106 Å². The van der Waals surface area contributed by atoms with Crippen molar-refractivity contribution < 1.29 is 14.3 Å². The summed E-state index contributed by atoms with van der Waals surface area (Å²) >= 11 is 0. The molecule has 0 atom stereocenters. The van der Waals surface area contributed by atoms with Crippen LogP contribution in [0, 0.1) is 39.4 Å². The number of likely N-dealkylation sites (N-methyl/N-ethyl adjacent to an activating group) is 1. The number of rotatable bonds is 13. The van der Waals surface area contributed by atoms with Crippen molar-refractivity contribution in [1.29, 1.82) is 15.8 Å². The molecule has 0 spiro atoms. The molecule has 1 aliphatic carbocycles. The third-order valence-electron chi connectivity index (χ3n) is 8.55. The first-order valence-corrected chi connectivity index (χ1v) is 17.1. The SMILES string of the molecule is CCCCN1C(=O)C(/C=C2C=C(/C=C/c3ccc(N=Nc4ccc(N(CC)CCOC(C)=O)cc4)cc3)CC(C)(C)C/2)=C(C#N)C1=C(C#N)C#N. The molecule has 10 nitrogen and oxygen atoms in total. The molecule has 1 amide bonds. The van der Waals surface area contributed by atoms with E-state index in [0.29, 0.717) is 32.5 Å². The molecule has 0 aromatic heterocycles. The van der Waals surface area contributed by atoms with Crippen molar-refractivity contribution in [1.82, 2.24) is 4.90 Å². The molecule has 4 rings (SSSR count). The van der Waals surface area contributed by atoms with Gasteiger partial charge in [-0.15, -0.1) is 0 Å². The van der Waals surface area contributed by atoms with E-state index in [1.165, 1.54) is 11.8 Å². The molecule has 2 aromatic carbocycles. The number of nitriles is 3. The normalized spacial score (nSPS) is 16.3. The van der Waals surface area contributed by atoms with E-state index < -0.39 is 0 Å². The molecule has 0 saturated carbocycles. The largest absolute Gasteiger partial charge is 0.464 e. The monoisotopic (exact) mass is 681 g/mol. The molecule has 1 heterocycles. The zero-order chi connectivity index (χ0) is 37.0.